The molecule has 1 aliphatic rings. The van der Waals surface area contributed by atoms with Gasteiger partial charge in [-0.15, -0.1) is 0 Å². The number of nitrogens with one attached hydrogen (secondary N) is 1. The van der Waals surface area contributed by atoms with Crippen LogP contribution in [0.1, 0.15) is 13.8 Å². The minimum absolute atomic E-state index is 0.226. The Morgan fingerprint density at radius 2 is 2.05 bits per heavy atom. The molecule has 2 aromatic rings. The third-order valence-electron chi connectivity index (χ3n) is 3.35. The first-order valence-electron chi connectivity index (χ1n) is 6.26. The molecule has 1 atom stereocenters. The lowest BCUT2D eigenvalue weighted by Crippen LogP contribution is -2.38. The number of anilines is 1. The van der Waals surface area contributed by atoms with E-state index >= 15 is 0 Å². The maximum atomic E-state index is 12.4. The Bertz CT molecular complexity index is 733. The zero-order valence-corrected chi connectivity index (χ0v) is 10.8. The van der Waals surface area contributed by atoms with Gasteiger partial charge in [-0.25, -0.2) is 0 Å². The molecule has 0 fully saturated rings. The highest BCUT2D eigenvalue weighted by Gasteiger charge is 2.28. The normalized spacial score (nSPS) is 17.8. The number of nitrogens with zero attached hydrogens (tertiary/aromatic N) is 1. The van der Waals surface area contributed by atoms with E-state index in [1.807, 2.05) is 31.2 Å². The number of amides is 1. The highest BCUT2D eigenvalue weighted by atomic mass is 16.5. The summed E-state index contributed by atoms with van der Waals surface area (Å²) in [4.78, 5) is 24.0. The second kappa shape index (κ2) is 4.12. The molecule has 3 rings (SSSR count). The molecule has 5 heteroatoms. The molecule has 0 saturated carbocycles. The Morgan fingerprint density at radius 1 is 1.32 bits per heavy atom. The largest absolute Gasteiger partial charge is 0.478 e. The van der Waals surface area contributed by atoms with Crippen LogP contribution < -0.4 is 15.6 Å². The van der Waals surface area contributed by atoms with Crippen LogP contribution in [0.5, 0.6) is 5.75 Å². The van der Waals surface area contributed by atoms with Gasteiger partial charge in [0.1, 0.15) is 0 Å². The first-order chi connectivity index (χ1) is 9.13. The van der Waals surface area contributed by atoms with Crippen molar-refractivity contribution < 1.29 is 9.53 Å². The smallest absolute Gasteiger partial charge is 0.278 e. The highest BCUT2D eigenvalue weighted by Crippen LogP contribution is 2.34. The summed E-state index contributed by atoms with van der Waals surface area (Å²) in [5, 5.41) is 3.49. The Kier molecular flexibility index (Phi) is 2.55. The topological polar surface area (TPSA) is 60.3 Å². The highest BCUT2D eigenvalue weighted by molar-refractivity contribution is 6.02. The van der Waals surface area contributed by atoms with Crippen molar-refractivity contribution in [3.05, 3.63) is 34.6 Å². The van der Waals surface area contributed by atoms with Crippen LogP contribution in [0.2, 0.25) is 0 Å². The molecule has 0 saturated heterocycles. The monoisotopic (exact) mass is 258 g/mol. The minimum atomic E-state index is -0.590. The number of carbonyl (C=O) groups is 1. The first-order valence-corrected chi connectivity index (χ1v) is 6.26. The lowest BCUT2D eigenvalue weighted by Gasteiger charge is -2.25. The lowest BCUT2D eigenvalue weighted by atomic mass is 10.1. The van der Waals surface area contributed by atoms with Crippen LogP contribution in [-0.2, 0) is 11.3 Å². The van der Waals surface area contributed by atoms with Crippen molar-refractivity contribution in [1.29, 1.82) is 0 Å². The molecule has 0 unspecified atom stereocenters. The standard InChI is InChI=1S/C14H14N2O3/c1-3-16-10-7-5-4-6-9(10)12-11(14(16)18)15-13(17)8(2)19-12/h4-8H,3H2,1-2H3,(H,15,17)/t8-/m0/s1. The Labute approximate surface area is 109 Å². The van der Waals surface area contributed by atoms with Gasteiger partial charge in [-0.05, 0) is 26.0 Å². The number of ether oxygens (including phenoxy) is 1. The number of rotatable bonds is 1. The maximum absolute atomic E-state index is 12.4. The molecule has 1 N–H and O–H groups in total. The zero-order valence-electron chi connectivity index (χ0n) is 10.8. The number of pyridine rings is 1. The summed E-state index contributed by atoms with van der Waals surface area (Å²) >= 11 is 0. The van der Waals surface area contributed by atoms with Gasteiger partial charge < -0.3 is 14.6 Å². The maximum Gasteiger partial charge on any atom is 0.278 e. The number of hydrogen-bond acceptors (Lipinski definition) is 3. The molecule has 2 heterocycles. The van der Waals surface area contributed by atoms with Crippen molar-refractivity contribution in [1.82, 2.24) is 4.57 Å². The van der Waals surface area contributed by atoms with Crippen molar-refractivity contribution >= 4 is 22.5 Å². The van der Waals surface area contributed by atoms with E-state index in [1.54, 1.807) is 11.5 Å². The summed E-state index contributed by atoms with van der Waals surface area (Å²) in [7, 11) is 0. The molecule has 0 radical (unpaired) electrons. The third-order valence-corrected chi connectivity index (χ3v) is 3.35. The summed E-state index contributed by atoms with van der Waals surface area (Å²) in [5.41, 5.74) is 0.831. The van der Waals surface area contributed by atoms with E-state index in [0.29, 0.717) is 12.3 Å². The number of aromatic nitrogens is 1. The van der Waals surface area contributed by atoms with E-state index in [2.05, 4.69) is 5.32 Å². The second-order valence-electron chi connectivity index (χ2n) is 4.52. The van der Waals surface area contributed by atoms with Gasteiger partial charge in [0.15, 0.2) is 17.5 Å². The van der Waals surface area contributed by atoms with Gasteiger partial charge in [0.2, 0.25) is 0 Å². The Morgan fingerprint density at radius 3 is 2.79 bits per heavy atom. The van der Waals surface area contributed by atoms with E-state index in [4.69, 9.17) is 4.74 Å². The first kappa shape index (κ1) is 11.8. The molecular formula is C14H14N2O3. The number of fused-ring (bicyclic) bond motifs is 3. The Balaban J connectivity index is 2.43. The summed E-state index contributed by atoms with van der Waals surface area (Å²) in [6, 6.07) is 7.54. The van der Waals surface area contributed by atoms with E-state index in [-0.39, 0.29) is 17.2 Å². The molecule has 0 aliphatic carbocycles. The summed E-state index contributed by atoms with van der Waals surface area (Å²) in [5.74, 6) is 0.180. The van der Waals surface area contributed by atoms with E-state index in [9.17, 15) is 9.59 Å². The number of benzene rings is 1. The van der Waals surface area contributed by atoms with Gasteiger partial charge in [0.25, 0.3) is 11.5 Å². The van der Waals surface area contributed by atoms with Crippen molar-refractivity contribution in [2.24, 2.45) is 0 Å². The number of hydrogen-bond donors (Lipinski definition) is 1. The fourth-order valence-corrected chi connectivity index (χ4v) is 2.38. The molecule has 1 aromatic heterocycles. The SMILES string of the molecule is CCn1c(=O)c2c(c3ccccc31)O[C@@H](C)C(=O)N2. The van der Waals surface area contributed by atoms with Crippen molar-refractivity contribution in [2.45, 2.75) is 26.5 Å². The average Bonchev–Trinajstić information content (AvgIpc) is 2.42. The van der Waals surface area contributed by atoms with Gasteiger partial charge in [0, 0.05) is 11.9 Å². The van der Waals surface area contributed by atoms with E-state index < -0.39 is 6.10 Å². The van der Waals surface area contributed by atoms with Crippen LogP contribution in [0, 0.1) is 0 Å². The quantitative estimate of drug-likeness (QED) is 0.847. The molecular weight excluding hydrogens is 244 g/mol. The third kappa shape index (κ3) is 1.62. The molecule has 0 spiro atoms. The predicted octanol–water partition coefficient (Wildman–Crippen LogP) is 1.74. The number of aryl methyl sites for hydroxylation is 1. The number of para-hydroxylation sites is 1. The lowest BCUT2D eigenvalue weighted by molar-refractivity contribution is -0.122. The zero-order chi connectivity index (χ0) is 13.6. The summed E-state index contributed by atoms with van der Waals surface area (Å²) < 4.78 is 7.25. The molecule has 1 amide bonds. The van der Waals surface area contributed by atoms with Crippen LogP contribution in [0.4, 0.5) is 5.69 Å². The van der Waals surface area contributed by atoms with Crippen LogP contribution in [0.25, 0.3) is 10.9 Å². The van der Waals surface area contributed by atoms with E-state index in [0.717, 1.165) is 10.9 Å². The van der Waals surface area contributed by atoms with Crippen molar-refractivity contribution in [3.63, 3.8) is 0 Å². The van der Waals surface area contributed by atoms with Crippen LogP contribution >= 0.6 is 0 Å². The minimum Gasteiger partial charge on any atom is -0.478 e. The Hall–Kier alpha value is -2.30. The average molecular weight is 258 g/mol. The van der Waals surface area contributed by atoms with Gasteiger partial charge in [-0.1, -0.05) is 12.1 Å². The second-order valence-corrected chi connectivity index (χ2v) is 4.52. The fourth-order valence-electron chi connectivity index (χ4n) is 2.38. The van der Waals surface area contributed by atoms with Gasteiger partial charge in [-0.2, -0.15) is 0 Å². The van der Waals surface area contributed by atoms with Crippen molar-refractivity contribution in [2.75, 3.05) is 5.32 Å². The fraction of sp³-hybridized carbons (Fsp3) is 0.286. The van der Waals surface area contributed by atoms with Crippen LogP contribution in [-0.4, -0.2) is 16.6 Å². The summed E-state index contributed by atoms with van der Waals surface area (Å²) in [6.07, 6.45) is -0.590. The molecule has 1 aliphatic heterocycles. The molecule has 19 heavy (non-hydrogen) atoms. The molecule has 98 valence electrons. The number of carbonyl (C=O) groups excluding carboxylic acids is 1. The molecule has 5 nitrogen and oxygen atoms in total. The molecule has 0 bridgehead atoms. The van der Waals surface area contributed by atoms with Crippen LogP contribution in [0.15, 0.2) is 29.1 Å². The van der Waals surface area contributed by atoms with Crippen LogP contribution in [0.3, 0.4) is 0 Å². The van der Waals surface area contributed by atoms with Gasteiger partial charge >= 0.3 is 0 Å². The van der Waals surface area contributed by atoms with Crippen molar-refractivity contribution in [3.8, 4) is 5.75 Å². The van der Waals surface area contributed by atoms with Gasteiger partial charge in [0.05, 0.1) is 5.52 Å². The van der Waals surface area contributed by atoms with E-state index in [1.165, 1.54) is 0 Å². The predicted molar refractivity (Wildman–Crippen MR) is 72.6 cm³/mol. The molecule has 1 aromatic carbocycles. The summed E-state index contributed by atoms with van der Waals surface area (Å²) in [6.45, 7) is 4.10. The van der Waals surface area contributed by atoms with Gasteiger partial charge in [-0.3, -0.25) is 9.59 Å².